The molecule has 0 bridgehead atoms. The fourth-order valence-electron chi connectivity index (χ4n) is 1.85. The minimum Gasteiger partial charge on any atom is -0.449 e. The first kappa shape index (κ1) is 14.2. The van der Waals surface area contributed by atoms with E-state index in [-0.39, 0.29) is 0 Å². The van der Waals surface area contributed by atoms with Crippen LogP contribution in [0.25, 0.3) is 10.9 Å². The summed E-state index contributed by atoms with van der Waals surface area (Å²) in [6.45, 7) is 5.24. The number of hydrogen-bond donors (Lipinski definition) is 1. The Morgan fingerprint density at radius 3 is 2.75 bits per heavy atom. The van der Waals surface area contributed by atoms with E-state index >= 15 is 0 Å². The lowest BCUT2D eigenvalue weighted by Crippen LogP contribution is -2.17. The topological polar surface area (TPSA) is 51.5 Å². The molecule has 0 spiro atoms. The molecule has 104 valence electrons. The van der Waals surface area contributed by atoms with E-state index in [4.69, 9.17) is 4.74 Å². The number of fused-ring (bicyclic) bond motifs is 1. The van der Waals surface area contributed by atoms with E-state index in [1.54, 1.807) is 20.8 Å². The molecular weight excluding hydrogens is 254 g/mol. The molecule has 0 aliphatic carbocycles. The molecule has 2 aromatic rings. The smallest absolute Gasteiger partial charge is 0.419 e. The number of ether oxygens (including phenoxy) is 1. The van der Waals surface area contributed by atoms with Gasteiger partial charge in [0.15, 0.2) is 0 Å². The van der Waals surface area contributed by atoms with Crippen LogP contribution in [0.2, 0.25) is 0 Å². The van der Waals surface area contributed by atoms with Gasteiger partial charge in [0.2, 0.25) is 0 Å². The molecule has 0 amide bonds. The van der Waals surface area contributed by atoms with Gasteiger partial charge in [-0.3, -0.25) is 0 Å². The molecule has 0 aliphatic heterocycles. The van der Waals surface area contributed by atoms with Gasteiger partial charge in [-0.05, 0) is 38.8 Å². The van der Waals surface area contributed by atoms with Crippen LogP contribution in [0.1, 0.15) is 26.5 Å². The number of aliphatic hydroxyl groups is 1. The average Bonchev–Trinajstić information content (AvgIpc) is 2.74. The summed E-state index contributed by atoms with van der Waals surface area (Å²) in [4.78, 5) is 12.1. The predicted octanol–water partition coefficient (Wildman–Crippen LogP) is 2.77. The number of aromatic nitrogens is 1. The standard InChI is InChI=1S/C16H17NO3/c1-4-20-15(18)17-13(9-10-16(2,3)19)11-12-7-5-6-8-14(12)17/h5-8,11,19H,4H2,1-3H3. The lowest BCUT2D eigenvalue weighted by molar-refractivity contribution is 0.143. The maximum Gasteiger partial charge on any atom is 0.419 e. The summed E-state index contributed by atoms with van der Waals surface area (Å²) in [6, 6.07) is 9.29. The van der Waals surface area contributed by atoms with Crippen LogP contribution in [-0.2, 0) is 4.74 Å². The van der Waals surface area contributed by atoms with E-state index in [9.17, 15) is 9.90 Å². The number of rotatable bonds is 1. The lowest BCUT2D eigenvalue weighted by Gasteiger charge is -2.08. The van der Waals surface area contributed by atoms with Gasteiger partial charge in [0.05, 0.1) is 12.1 Å². The molecule has 0 saturated carbocycles. The minimum atomic E-state index is -1.12. The Labute approximate surface area is 118 Å². The summed E-state index contributed by atoms with van der Waals surface area (Å²) in [5.74, 6) is 5.56. The molecule has 1 aromatic heterocycles. The maximum absolute atomic E-state index is 12.1. The van der Waals surface area contributed by atoms with E-state index in [0.29, 0.717) is 12.3 Å². The third-order valence-corrected chi connectivity index (χ3v) is 2.66. The molecule has 4 heteroatoms. The van der Waals surface area contributed by atoms with Gasteiger partial charge in [0.1, 0.15) is 11.3 Å². The van der Waals surface area contributed by atoms with Crippen LogP contribution >= 0.6 is 0 Å². The number of carbonyl (C=O) groups excluding carboxylic acids is 1. The number of para-hydroxylation sites is 1. The van der Waals surface area contributed by atoms with Crippen LogP contribution < -0.4 is 0 Å². The van der Waals surface area contributed by atoms with Crippen molar-refractivity contribution < 1.29 is 14.6 Å². The van der Waals surface area contributed by atoms with Crippen LogP contribution in [0.15, 0.2) is 30.3 Å². The van der Waals surface area contributed by atoms with Crippen molar-refractivity contribution in [3.8, 4) is 11.8 Å². The third kappa shape index (κ3) is 3.01. The molecule has 20 heavy (non-hydrogen) atoms. The van der Waals surface area contributed by atoms with Gasteiger partial charge in [0.25, 0.3) is 0 Å². The highest BCUT2D eigenvalue weighted by Crippen LogP contribution is 2.19. The van der Waals surface area contributed by atoms with Crippen molar-refractivity contribution in [2.45, 2.75) is 26.4 Å². The van der Waals surface area contributed by atoms with Crippen molar-refractivity contribution in [1.82, 2.24) is 4.57 Å². The Morgan fingerprint density at radius 2 is 2.10 bits per heavy atom. The second-order valence-corrected chi connectivity index (χ2v) is 4.93. The van der Waals surface area contributed by atoms with E-state index in [2.05, 4.69) is 11.8 Å². The molecule has 0 saturated heterocycles. The van der Waals surface area contributed by atoms with Crippen LogP contribution in [0.4, 0.5) is 4.79 Å². The molecule has 0 unspecified atom stereocenters. The Balaban J connectivity index is 2.60. The highest BCUT2D eigenvalue weighted by Gasteiger charge is 2.15. The van der Waals surface area contributed by atoms with Crippen molar-refractivity contribution in [3.63, 3.8) is 0 Å². The predicted molar refractivity (Wildman–Crippen MR) is 77.5 cm³/mol. The summed E-state index contributed by atoms with van der Waals surface area (Å²) >= 11 is 0. The quantitative estimate of drug-likeness (QED) is 0.811. The number of nitrogens with zero attached hydrogens (tertiary/aromatic N) is 1. The van der Waals surface area contributed by atoms with E-state index in [0.717, 1.165) is 10.9 Å². The number of carbonyl (C=O) groups is 1. The minimum absolute atomic E-state index is 0.295. The van der Waals surface area contributed by atoms with Crippen molar-refractivity contribution in [1.29, 1.82) is 0 Å². The summed E-state index contributed by atoms with van der Waals surface area (Å²) < 4.78 is 6.49. The zero-order valence-corrected chi connectivity index (χ0v) is 11.8. The third-order valence-electron chi connectivity index (χ3n) is 2.66. The first-order valence-corrected chi connectivity index (χ1v) is 6.45. The van der Waals surface area contributed by atoms with Gasteiger partial charge in [0, 0.05) is 5.39 Å². The lowest BCUT2D eigenvalue weighted by atomic mass is 10.1. The van der Waals surface area contributed by atoms with E-state index < -0.39 is 11.7 Å². The van der Waals surface area contributed by atoms with Gasteiger partial charge in [-0.25, -0.2) is 9.36 Å². The van der Waals surface area contributed by atoms with Gasteiger partial charge < -0.3 is 9.84 Å². The molecule has 0 atom stereocenters. The first-order valence-electron chi connectivity index (χ1n) is 6.45. The normalized spacial score (nSPS) is 11.0. The SMILES string of the molecule is CCOC(=O)n1c(C#CC(C)(C)O)cc2ccccc21. The van der Waals surface area contributed by atoms with Gasteiger partial charge in [-0.1, -0.05) is 24.1 Å². The summed E-state index contributed by atoms with van der Waals surface area (Å²) in [6.07, 6.45) is -0.464. The average molecular weight is 271 g/mol. The van der Waals surface area contributed by atoms with Crippen LogP contribution in [0.5, 0.6) is 0 Å². The molecule has 1 heterocycles. The number of benzene rings is 1. The zero-order chi connectivity index (χ0) is 14.8. The largest absolute Gasteiger partial charge is 0.449 e. The molecule has 1 aromatic carbocycles. The van der Waals surface area contributed by atoms with Gasteiger partial charge in [-0.2, -0.15) is 0 Å². The van der Waals surface area contributed by atoms with Crippen LogP contribution in [0.3, 0.4) is 0 Å². The highest BCUT2D eigenvalue weighted by atomic mass is 16.5. The van der Waals surface area contributed by atoms with Gasteiger partial charge >= 0.3 is 6.09 Å². The monoisotopic (exact) mass is 271 g/mol. The zero-order valence-electron chi connectivity index (χ0n) is 11.8. The fraction of sp³-hybridized carbons (Fsp3) is 0.312. The molecule has 1 N–H and O–H groups in total. The van der Waals surface area contributed by atoms with Gasteiger partial charge in [-0.15, -0.1) is 0 Å². The second kappa shape index (κ2) is 5.40. The Hall–Kier alpha value is -2.25. The molecule has 2 rings (SSSR count). The molecule has 0 fully saturated rings. The summed E-state index contributed by atoms with van der Waals surface area (Å²) in [5.41, 5.74) is 0.133. The van der Waals surface area contributed by atoms with Crippen molar-refractivity contribution in [3.05, 3.63) is 36.0 Å². The Kier molecular flexibility index (Phi) is 3.82. The molecule has 0 radical (unpaired) electrons. The van der Waals surface area contributed by atoms with Crippen LogP contribution in [0, 0.1) is 11.8 Å². The summed E-state index contributed by atoms with van der Waals surface area (Å²) in [7, 11) is 0. The van der Waals surface area contributed by atoms with Crippen molar-refractivity contribution in [2.75, 3.05) is 6.61 Å². The molecule has 0 aliphatic rings. The second-order valence-electron chi connectivity index (χ2n) is 4.93. The van der Waals surface area contributed by atoms with Crippen LogP contribution in [-0.4, -0.2) is 28.0 Å². The van der Waals surface area contributed by atoms with Crippen molar-refractivity contribution >= 4 is 17.0 Å². The Bertz CT molecular complexity index is 696. The van der Waals surface area contributed by atoms with Crippen molar-refractivity contribution in [2.24, 2.45) is 0 Å². The molecule has 4 nitrogen and oxygen atoms in total. The maximum atomic E-state index is 12.1. The highest BCUT2D eigenvalue weighted by molar-refractivity contribution is 5.91. The van der Waals surface area contributed by atoms with E-state index in [1.807, 2.05) is 30.3 Å². The Morgan fingerprint density at radius 1 is 1.40 bits per heavy atom. The fourth-order valence-corrected chi connectivity index (χ4v) is 1.85. The molecular formula is C16H17NO3. The summed E-state index contributed by atoms with van der Waals surface area (Å²) in [5, 5.41) is 10.6. The first-order chi connectivity index (χ1) is 9.42. The van der Waals surface area contributed by atoms with E-state index in [1.165, 1.54) is 4.57 Å². The number of hydrogen-bond acceptors (Lipinski definition) is 3.